The van der Waals surface area contributed by atoms with Crippen LogP contribution in [0, 0.1) is 0 Å². The van der Waals surface area contributed by atoms with Gasteiger partial charge < -0.3 is 9.64 Å². The van der Waals surface area contributed by atoms with Gasteiger partial charge in [0.05, 0.1) is 11.7 Å². The van der Waals surface area contributed by atoms with E-state index in [9.17, 15) is 13.2 Å². The topological polar surface area (TPSA) is 66.9 Å². The molecule has 0 aromatic heterocycles. The average molecular weight is 493 g/mol. The number of hydrogen-bond acceptors (Lipinski definition) is 4. The van der Waals surface area contributed by atoms with Gasteiger partial charge in [-0.2, -0.15) is 4.31 Å². The van der Waals surface area contributed by atoms with E-state index in [1.54, 1.807) is 29.2 Å². The molecule has 0 bridgehead atoms. The Morgan fingerprint density at radius 1 is 1.07 bits per heavy atom. The van der Waals surface area contributed by atoms with Crippen molar-refractivity contribution >= 4 is 37.9 Å². The number of carbonyl (C=O) groups excluding carboxylic acids is 1. The lowest BCUT2D eigenvalue weighted by molar-refractivity contribution is 0.0692. The molecule has 0 atom stereocenters. The maximum Gasteiger partial charge on any atom is 0.257 e. The fraction of sp³-hybridized carbons (Fsp3) is 0.318. The summed E-state index contributed by atoms with van der Waals surface area (Å²) in [4.78, 5) is 14.7. The van der Waals surface area contributed by atoms with E-state index in [1.165, 1.54) is 9.71 Å². The van der Waals surface area contributed by atoms with Crippen LogP contribution < -0.4 is 4.74 Å². The fourth-order valence-corrected chi connectivity index (χ4v) is 4.67. The van der Waals surface area contributed by atoms with Gasteiger partial charge in [-0.3, -0.25) is 4.79 Å². The van der Waals surface area contributed by atoms with Crippen LogP contribution in [0.25, 0.3) is 6.08 Å². The van der Waals surface area contributed by atoms with E-state index >= 15 is 0 Å². The molecule has 0 aliphatic carbocycles. The van der Waals surface area contributed by atoms with Gasteiger partial charge in [-0.05, 0) is 43.7 Å². The highest BCUT2D eigenvalue weighted by molar-refractivity contribution is 9.10. The van der Waals surface area contributed by atoms with Crippen molar-refractivity contribution < 1.29 is 17.9 Å². The first-order chi connectivity index (χ1) is 14.3. The Labute approximate surface area is 186 Å². The second-order valence-electron chi connectivity index (χ2n) is 7.26. The largest absolute Gasteiger partial charge is 0.490 e. The fourth-order valence-electron chi connectivity index (χ4n) is 3.16. The first-order valence-electron chi connectivity index (χ1n) is 9.75. The summed E-state index contributed by atoms with van der Waals surface area (Å²) >= 11 is 3.41. The van der Waals surface area contributed by atoms with Crippen LogP contribution in [0.2, 0.25) is 0 Å². The zero-order valence-corrected chi connectivity index (χ0v) is 19.4. The van der Waals surface area contributed by atoms with E-state index in [4.69, 9.17) is 4.74 Å². The molecule has 8 heteroatoms. The summed E-state index contributed by atoms with van der Waals surface area (Å²) in [5, 5.41) is 1.23. The summed E-state index contributed by atoms with van der Waals surface area (Å²) in [5.74, 6) is 0.361. The van der Waals surface area contributed by atoms with E-state index in [0.717, 1.165) is 10.0 Å². The Morgan fingerprint density at radius 2 is 1.73 bits per heavy atom. The molecule has 0 radical (unpaired) electrons. The smallest absolute Gasteiger partial charge is 0.257 e. The Bertz CT molecular complexity index is 1010. The minimum absolute atomic E-state index is 0.0655. The normalized spacial score (nSPS) is 15.7. The van der Waals surface area contributed by atoms with Crippen molar-refractivity contribution in [2.75, 3.05) is 26.2 Å². The predicted molar refractivity (Wildman–Crippen MR) is 122 cm³/mol. The molecule has 1 amide bonds. The van der Waals surface area contributed by atoms with E-state index < -0.39 is 10.0 Å². The molecular formula is C22H25BrN2O4S. The van der Waals surface area contributed by atoms with Crippen molar-refractivity contribution in [1.29, 1.82) is 0 Å². The molecule has 1 heterocycles. The molecule has 1 fully saturated rings. The van der Waals surface area contributed by atoms with Gasteiger partial charge in [0, 0.05) is 36.1 Å². The third-order valence-electron chi connectivity index (χ3n) is 4.65. The number of amides is 1. The molecule has 160 valence electrons. The molecule has 0 saturated carbocycles. The molecule has 0 unspecified atom stereocenters. The SMILES string of the molecule is CC(C)Oc1cc(Br)ccc1C(=O)N1CCN(S(=O)(=O)/C=C/c2ccccc2)CC1. The monoisotopic (exact) mass is 492 g/mol. The molecule has 0 spiro atoms. The van der Waals surface area contributed by atoms with Crippen molar-refractivity contribution in [3.05, 3.63) is 69.5 Å². The quantitative estimate of drug-likeness (QED) is 0.611. The maximum atomic E-state index is 13.0. The predicted octanol–water partition coefficient (Wildman–Crippen LogP) is 3.99. The lowest BCUT2D eigenvalue weighted by Gasteiger charge is -2.33. The lowest BCUT2D eigenvalue weighted by Crippen LogP contribution is -2.50. The molecule has 0 N–H and O–H groups in total. The highest BCUT2D eigenvalue weighted by Crippen LogP contribution is 2.26. The van der Waals surface area contributed by atoms with Crippen LogP contribution in [0.5, 0.6) is 5.75 Å². The average Bonchev–Trinajstić information content (AvgIpc) is 2.72. The summed E-state index contributed by atoms with van der Waals surface area (Å²) in [7, 11) is -3.54. The van der Waals surface area contributed by atoms with E-state index in [2.05, 4.69) is 15.9 Å². The third kappa shape index (κ3) is 5.71. The van der Waals surface area contributed by atoms with Gasteiger partial charge in [0.15, 0.2) is 0 Å². The van der Waals surface area contributed by atoms with Crippen LogP contribution in [-0.4, -0.2) is 55.8 Å². The highest BCUT2D eigenvalue weighted by atomic mass is 79.9. The first kappa shape index (κ1) is 22.5. The van der Waals surface area contributed by atoms with Crippen LogP contribution in [-0.2, 0) is 10.0 Å². The number of rotatable bonds is 6. The van der Waals surface area contributed by atoms with Gasteiger partial charge in [0.2, 0.25) is 10.0 Å². The van der Waals surface area contributed by atoms with Crippen LogP contribution >= 0.6 is 15.9 Å². The lowest BCUT2D eigenvalue weighted by atomic mass is 10.1. The van der Waals surface area contributed by atoms with Crippen molar-refractivity contribution in [2.45, 2.75) is 20.0 Å². The Balaban J connectivity index is 1.67. The first-order valence-corrected chi connectivity index (χ1v) is 12.0. The van der Waals surface area contributed by atoms with Crippen LogP contribution in [0.3, 0.4) is 0 Å². The van der Waals surface area contributed by atoms with Crippen LogP contribution in [0.4, 0.5) is 0 Å². The molecule has 1 aliphatic heterocycles. The van der Waals surface area contributed by atoms with Crippen LogP contribution in [0.1, 0.15) is 29.8 Å². The van der Waals surface area contributed by atoms with Gasteiger partial charge in [0.1, 0.15) is 5.75 Å². The molecule has 6 nitrogen and oxygen atoms in total. The van der Waals surface area contributed by atoms with E-state index in [0.29, 0.717) is 24.4 Å². The van der Waals surface area contributed by atoms with Crippen molar-refractivity contribution in [3.8, 4) is 5.75 Å². The van der Waals surface area contributed by atoms with Crippen molar-refractivity contribution in [3.63, 3.8) is 0 Å². The third-order valence-corrected chi connectivity index (χ3v) is 6.71. The minimum Gasteiger partial charge on any atom is -0.490 e. The summed E-state index contributed by atoms with van der Waals surface area (Å²) in [6.45, 7) is 4.97. The van der Waals surface area contributed by atoms with Crippen molar-refractivity contribution in [2.24, 2.45) is 0 Å². The number of sulfonamides is 1. The van der Waals surface area contributed by atoms with Gasteiger partial charge >= 0.3 is 0 Å². The molecular weight excluding hydrogens is 468 g/mol. The summed E-state index contributed by atoms with van der Waals surface area (Å²) in [6, 6.07) is 14.6. The molecule has 3 rings (SSSR count). The molecule has 30 heavy (non-hydrogen) atoms. The molecule has 2 aromatic rings. The number of nitrogens with zero attached hydrogens (tertiary/aromatic N) is 2. The Kier molecular flexibility index (Phi) is 7.33. The zero-order valence-electron chi connectivity index (χ0n) is 17.0. The second kappa shape index (κ2) is 9.76. The number of ether oxygens (including phenoxy) is 1. The number of halogens is 1. The molecule has 1 aliphatic rings. The zero-order chi connectivity index (χ0) is 21.7. The number of piperazine rings is 1. The van der Waals surface area contributed by atoms with E-state index in [1.807, 2.05) is 44.2 Å². The number of carbonyl (C=O) groups is 1. The summed E-state index contributed by atoms with van der Waals surface area (Å²) in [5.41, 5.74) is 1.30. The van der Waals surface area contributed by atoms with Gasteiger partial charge in [0.25, 0.3) is 5.91 Å². The highest BCUT2D eigenvalue weighted by Gasteiger charge is 2.29. The van der Waals surface area contributed by atoms with Crippen molar-refractivity contribution in [1.82, 2.24) is 9.21 Å². The van der Waals surface area contributed by atoms with E-state index in [-0.39, 0.29) is 25.1 Å². The Hall–Kier alpha value is -2.16. The van der Waals surface area contributed by atoms with Gasteiger partial charge in [-0.1, -0.05) is 46.3 Å². The Morgan fingerprint density at radius 3 is 2.37 bits per heavy atom. The minimum atomic E-state index is -3.54. The maximum absolute atomic E-state index is 13.0. The molecule has 1 saturated heterocycles. The summed E-state index contributed by atoms with van der Waals surface area (Å²) in [6.07, 6.45) is 1.52. The number of benzene rings is 2. The summed E-state index contributed by atoms with van der Waals surface area (Å²) < 4.78 is 33.3. The van der Waals surface area contributed by atoms with Crippen LogP contribution in [0.15, 0.2) is 58.4 Å². The molecule has 2 aromatic carbocycles. The second-order valence-corrected chi connectivity index (χ2v) is 9.99. The standard InChI is InChI=1S/C22H25BrN2O4S/c1-17(2)29-21-16-19(23)8-9-20(21)22(26)24-11-13-25(14-12-24)30(27,28)15-10-18-6-4-3-5-7-18/h3-10,15-17H,11-14H2,1-2H3/b15-10+. The van der Waals surface area contributed by atoms with Gasteiger partial charge in [-0.15, -0.1) is 0 Å². The number of hydrogen-bond donors (Lipinski definition) is 0. The van der Waals surface area contributed by atoms with Gasteiger partial charge in [-0.25, -0.2) is 8.42 Å².